The molecule has 0 radical (unpaired) electrons. The van der Waals surface area contributed by atoms with Crippen LogP contribution in [0.15, 0.2) is 261 Å². The summed E-state index contributed by atoms with van der Waals surface area (Å²) in [4.78, 5) is 5.03. The number of hydrogen-bond donors (Lipinski definition) is 1. The minimum Gasteiger partial charge on any atom is -0.311 e. The van der Waals surface area contributed by atoms with E-state index >= 15 is 0 Å². The molecule has 3 atom stereocenters. The lowest BCUT2D eigenvalue weighted by molar-refractivity contribution is 0.0415. The molecular formula is C69H60N4. The summed E-state index contributed by atoms with van der Waals surface area (Å²) in [5, 5.41) is 6.60. The third kappa shape index (κ3) is 9.40. The standard InChI is InChI=1S/C69H60N4/c1-2-3-19-46-71-68(55-20-9-4-10-21-55)49-65(70-69(71)56-22-11-5-12-23-56)54-36-34-51(35-37-54)50-30-32-52(33-31-50)57-40-44-66-63(47-57)64-48-58(41-45-67(64)73(66)61-28-17-8-18-29-61)53-38-42-62(43-39-53)72(59-24-13-6-14-25-59)60-26-15-7-16-27-60/h4-18,20-45,47-48,65,68-70H,2-3,19,46,49H2,1H3. The molecule has 1 aromatic heterocycles. The van der Waals surface area contributed by atoms with Gasteiger partial charge in [0.1, 0.15) is 0 Å². The van der Waals surface area contributed by atoms with Crippen molar-refractivity contribution in [3.8, 4) is 39.1 Å². The first-order valence-electron chi connectivity index (χ1n) is 26.1. The zero-order chi connectivity index (χ0) is 48.9. The Morgan fingerprint density at radius 1 is 0.411 bits per heavy atom. The van der Waals surface area contributed by atoms with E-state index in [0.29, 0.717) is 6.04 Å². The van der Waals surface area contributed by atoms with Crippen LogP contribution in [0.4, 0.5) is 17.1 Å². The van der Waals surface area contributed by atoms with Gasteiger partial charge < -0.3 is 9.47 Å². The zero-order valence-corrected chi connectivity index (χ0v) is 41.4. The van der Waals surface area contributed by atoms with Crippen molar-refractivity contribution in [1.82, 2.24) is 14.8 Å². The molecule has 356 valence electrons. The number of anilines is 3. The summed E-state index contributed by atoms with van der Waals surface area (Å²) in [6.45, 7) is 3.36. The Labute approximate surface area is 430 Å². The van der Waals surface area contributed by atoms with Gasteiger partial charge in [-0.2, -0.15) is 0 Å². The average Bonchev–Trinajstić information content (AvgIpc) is 3.80. The molecule has 0 saturated carbocycles. The predicted molar refractivity (Wildman–Crippen MR) is 307 cm³/mol. The molecule has 0 amide bonds. The van der Waals surface area contributed by atoms with Crippen molar-refractivity contribution < 1.29 is 0 Å². The highest BCUT2D eigenvalue weighted by molar-refractivity contribution is 6.11. The fraction of sp³-hybridized carbons (Fsp3) is 0.130. The van der Waals surface area contributed by atoms with Crippen molar-refractivity contribution in [2.75, 3.05) is 11.4 Å². The number of rotatable bonds is 14. The van der Waals surface area contributed by atoms with Crippen LogP contribution < -0.4 is 10.2 Å². The van der Waals surface area contributed by atoms with Crippen LogP contribution in [-0.2, 0) is 0 Å². The molecule has 12 rings (SSSR count). The number of hydrogen-bond acceptors (Lipinski definition) is 3. The molecule has 3 unspecified atom stereocenters. The number of nitrogens with one attached hydrogen (secondary N) is 1. The lowest BCUT2D eigenvalue weighted by Gasteiger charge is -2.47. The molecule has 73 heavy (non-hydrogen) atoms. The monoisotopic (exact) mass is 944 g/mol. The lowest BCUT2D eigenvalue weighted by atomic mass is 9.88. The summed E-state index contributed by atoms with van der Waals surface area (Å²) in [7, 11) is 0. The largest absolute Gasteiger partial charge is 0.311 e. The molecule has 4 nitrogen and oxygen atoms in total. The highest BCUT2D eigenvalue weighted by Crippen LogP contribution is 2.44. The summed E-state index contributed by atoms with van der Waals surface area (Å²) < 4.78 is 2.40. The first-order valence-corrected chi connectivity index (χ1v) is 26.1. The Kier molecular flexibility index (Phi) is 13.1. The fourth-order valence-electron chi connectivity index (χ4n) is 11.3. The van der Waals surface area contributed by atoms with Crippen LogP contribution in [0.25, 0.3) is 60.9 Å². The number of fused-ring (bicyclic) bond motifs is 3. The van der Waals surface area contributed by atoms with E-state index < -0.39 is 0 Å². The van der Waals surface area contributed by atoms with Gasteiger partial charge in [-0.25, -0.2) is 0 Å². The molecular weight excluding hydrogens is 885 g/mol. The van der Waals surface area contributed by atoms with E-state index in [1.807, 2.05) is 0 Å². The van der Waals surface area contributed by atoms with Crippen molar-refractivity contribution in [2.24, 2.45) is 0 Å². The van der Waals surface area contributed by atoms with E-state index in [1.165, 1.54) is 91.1 Å². The molecule has 1 N–H and O–H groups in total. The van der Waals surface area contributed by atoms with Crippen LogP contribution in [0.3, 0.4) is 0 Å². The molecule has 4 heteroatoms. The van der Waals surface area contributed by atoms with E-state index in [4.69, 9.17) is 0 Å². The molecule has 0 aliphatic carbocycles. The maximum absolute atomic E-state index is 4.13. The van der Waals surface area contributed by atoms with E-state index in [0.717, 1.165) is 35.7 Å². The normalized spacial score (nSPS) is 15.9. The molecule has 1 fully saturated rings. The maximum Gasteiger partial charge on any atom is 0.0870 e. The van der Waals surface area contributed by atoms with Crippen molar-refractivity contribution >= 4 is 38.9 Å². The Balaban J connectivity index is 0.836. The predicted octanol–water partition coefficient (Wildman–Crippen LogP) is 18.2. The van der Waals surface area contributed by atoms with Crippen molar-refractivity contribution in [3.63, 3.8) is 0 Å². The highest BCUT2D eigenvalue weighted by atomic mass is 15.3. The van der Waals surface area contributed by atoms with E-state index in [1.54, 1.807) is 0 Å². The van der Waals surface area contributed by atoms with Gasteiger partial charge in [-0.05, 0) is 136 Å². The van der Waals surface area contributed by atoms with Gasteiger partial charge in [0.05, 0.1) is 17.2 Å². The van der Waals surface area contributed by atoms with Crippen LogP contribution in [0.2, 0.25) is 0 Å². The number of para-hydroxylation sites is 3. The molecule has 0 bridgehead atoms. The summed E-state index contributed by atoms with van der Waals surface area (Å²) in [5.74, 6) is 0. The third-order valence-electron chi connectivity index (χ3n) is 15.0. The number of benzene rings is 10. The molecule has 2 heterocycles. The van der Waals surface area contributed by atoms with Gasteiger partial charge in [-0.1, -0.05) is 208 Å². The molecule has 1 saturated heterocycles. The Morgan fingerprint density at radius 3 is 1.36 bits per heavy atom. The van der Waals surface area contributed by atoms with Crippen molar-refractivity contribution in [3.05, 3.63) is 278 Å². The van der Waals surface area contributed by atoms with Gasteiger partial charge in [0, 0.05) is 52.2 Å². The second-order valence-corrected chi connectivity index (χ2v) is 19.5. The zero-order valence-electron chi connectivity index (χ0n) is 41.4. The quantitative estimate of drug-likeness (QED) is 0.110. The summed E-state index contributed by atoms with van der Waals surface area (Å²) in [5.41, 5.74) is 18.2. The SMILES string of the molecule is CCCCCN1C(c2ccccc2)CC(c2ccc(-c3ccc(-c4ccc5c(c4)c4cc(-c6ccc(N(c7ccccc7)c7ccccc7)cc6)ccc4n5-c4ccccc4)cc3)cc2)NC1c1ccccc1. The van der Waals surface area contributed by atoms with Crippen LogP contribution in [-0.4, -0.2) is 16.0 Å². The Morgan fingerprint density at radius 2 is 0.836 bits per heavy atom. The van der Waals surface area contributed by atoms with Crippen LogP contribution in [0.5, 0.6) is 0 Å². The van der Waals surface area contributed by atoms with Crippen LogP contribution in [0, 0.1) is 0 Å². The topological polar surface area (TPSA) is 23.4 Å². The summed E-state index contributed by atoms with van der Waals surface area (Å²) >= 11 is 0. The number of aromatic nitrogens is 1. The molecule has 1 aliphatic rings. The minimum absolute atomic E-state index is 0.125. The summed E-state index contributed by atoms with van der Waals surface area (Å²) in [6, 6.07) is 96.0. The van der Waals surface area contributed by atoms with Gasteiger partial charge in [-0.3, -0.25) is 10.2 Å². The number of unbranched alkanes of at least 4 members (excludes halogenated alkanes) is 2. The first kappa shape index (κ1) is 45.8. The van der Waals surface area contributed by atoms with Crippen molar-refractivity contribution in [1.29, 1.82) is 0 Å². The second-order valence-electron chi connectivity index (χ2n) is 19.5. The second kappa shape index (κ2) is 20.8. The highest BCUT2D eigenvalue weighted by Gasteiger charge is 2.37. The molecule has 10 aromatic carbocycles. The van der Waals surface area contributed by atoms with Gasteiger partial charge in [-0.15, -0.1) is 0 Å². The molecule has 1 aliphatic heterocycles. The van der Waals surface area contributed by atoms with Gasteiger partial charge in [0.15, 0.2) is 0 Å². The first-order chi connectivity index (χ1) is 36.2. The average molecular weight is 945 g/mol. The lowest BCUT2D eigenvalue weighted by Crippen LogP contribution is -2.48. The summed E-state index contributed by atoms with van der Waals surface area (Å²) in [6.07, 6.45) is 4.79. The van der Waals surface area contributed by atoms with E-state index in [-0.39, 0.29) is 12.2 Å². The van der Waals surface area contributed by atoms with Crippen molar-refractivity contribution in [2.45, 2.75) is 50.9 Å². The molecule has 0 spiro atoms. The minimum atomic E-state index is 0.125. The number of nitrogens with zero attached hydrogens (tertiary/aromatic N) is 3. The van der Waals surface area contributed by atoms with Gasteiger partial charge in [0.25, 0.3) is 0 Å². The molecule has 11 aromatic rings. The third-order valence-corrected chi connectivity index (χ3v) is 15.0. The Hall–Kier alpha value is -8.28. The fourth-order valence-corrected chi connectivity index (χ4v) is 11.3. The van der Waals surface area contributed by atoms with E-state index in [2.05, 4.69) is 287 Å². The van der Waals surface area contributed by atoms with E-state index in [9.17, 15) is 0 Å². The smallest absolute Gasteiger partial charge is 0.0870 e. The van der Waals surface area contributed by atoms with Crippen LogP contribution in [0.1, 0.15) is 67.5 Å². The maximum atomic E-state index is 4.13. The van der Waals surface area contributed by atoms with Gasteiger partial charge in [0.2, 0.25) is 0 Å². The van der Waals surface area contributed by atoms with Crippen LogP contribution >= 0.6 is 0 Å². The Bertz CT molecular complexity index is 3470. The van der Waals surface area contributed by atoms with Gasteiger partial charge >= 0.3 is 0 Å².